The number of thioether (sulfide) groups is 1. The van der Waals surface area contributed by atoms with Crippen LogP contribution in [0.15, 0.2) is 53.6 Å². The Morgan fingerprint density at radius 1 is 1.26 bits per heavy atom. The van der Waals surface area contributed by atoms with E-state index in [4.69, 9.17) is 10.5 Å². The average Bonchev–Trinajstić information content (AvgIpc) is 2.91. The lowest BCUT2D eigenvalue weighted by atomic mass is 9.86. The molecule has 3 aromatic rings. The number of fused-ring (bicyclic) bond motifs is 2. The zero-order valence-electron chi connectivity index (χ0n) is 20.7. The number of anilines is 1. The van der Waals surface area contributed by atoms with Gasteiger partial charge in [-0.1, -0.05) is 6.07 Å². The predicted molar refractivity (Wildman–Crippen MR) is 142 cm³/mol. The van der Waals surface area contributed by atoms with E-state index < -0.39 is 35.1 Å². The van der Waals surface area contributed by atoms with Crippen molar-refractivity contribution in [1.29, 1.82) is 0 Å². The Kier molecular flexibility index (Phi) is 7.24. The van der Waals surface area contributed by atoms with E-state index in [9.17, 15) is 24.6 Å². The molecule has 2 aromatic carbocycles. The maximum absolute atomic E-state index is 12.4. The number of carboxylic acids is 1. The number of aliphatic carboxylic acids is 1. The summed E-state index contributed by atoms with van der Waals surface area (Å²) in [6, 6.07) is 12.5. The number of nitrogens with two attached hydrogens (primary N) is 1. The molecule has 1 aromatic heterocycles. The highest BCUT2D eigenvalue weighted by atomic mass is 32.2. The largest absolute Gasteiger partial charge is 0.497 e. The number of benzene rings is 2. The Balaban J connectivity index is 1.44. The highest BCUT2D eigenvalue weighted by Gasteiger charge is 2.36. The number of amides is 2. The van der Waals surface area contributed by atoms with Crippen molar-refractivity contribution < 1.29 is 29.3 Å². The number of ether oxygens (including phenoxy) is 1. The van der Waals surface area contributed by atoms with Crippen LogP contribution in [0.5, 0.6) is 5.75 Å². The van der Waals surface area contributed by atoms with Gasteiger partial charge in [0.25, 0.3) is 0 Å². The van der Waals surface area contributed by atoms with E-state index in [1.807, 2.05) is 36.4 Å². The van der Waals surface area contributed by atoms with Gasteiger partial charge in [0, 0.05) is 29.1 Å². The van der Waals surface area contributed by atoms with E-state index in [1.54, 1.807) is 19.4 Å². The molecule has 3 unspecified atom stereocenters. The van der Waals surface area contributed by atoms with Crippen LogP contribution in [0, 0.1) is 5.92 Å². The first-order chi connectivity index (χ1) is 18.2. The molecule has 0 saturated carbocycles. The van der Waals surface area contributed by atoms with Crippen LogP contribution >= 0.6 is 11.8 Å². The summed E-state index contributed by atoms with van der Waals surface area (Å²) < 4.78 is 5.36. The van der Waals surface area contributed by atoms with Gasteiger partial charge in [-0.2, -0.15) is 0 Å². The third-order valence-corrected chi connectivity index (χ3v) is 8.49. The fraction of sp³-hybridized carbons (Fsp3) is 0.333. The molecule has 2 aliphatic rings. The lowest BCUT2D eigenvalue weighted by Crippen LogP contribution is -2.41. The topological polar surface area (TPSA) is 155 Å². The number of aromatic nitrogens is 1. The zero-order valence-corrected chi connectivity index (χ0v) is 21.5. The van der Waals surface area contributed by atoms with Crippen molar-refractivity contribution in [2.24, 2.45) is 11.7 Å². The van der Waals surface area contributed by atoms with E-state index in [0.717, 1.165) is 28.2 Å². The van der Waals surface area contributed by atoms with Gasteiger partial charge >= 0.3 is 5.97 Å². The van der Waals surface area contributed by atoms with Crippen LogP contribution in [0.2, 0.25) is 0 Å². The van der Waals surface area contributed by atoms with Gasteiger partial charge in [-0.05, 0) is 66.9 Å². The summed E-state index contributed by atoms with van der Waals surface area (Å²) in [5.74, 6) is -1.91. The molecule has 3 heterocycles. The number of piperidine rings is 1. The lowest BCUT2D eigenvalue weighted by Gasteiger charge is -2.40. The Hall–Kier alpha value is -3.67. The van der Waals surface area contributed by atoms with Crippen molar-refractivity contribution in [1.82, 2.24) is 9.88 Å². The fourth-order valence-electron chi connectivity index (χ4n) is 5.21. The minimum Gasteiger partial charge on any atom is -0.497 e. The number of carbonyl (C=O) groups is 3. The number of aliphatic hydroxyl groups excluding tert-OH is 1. The zero-order chi connectivity index (χ0) is 27.0. The summed E-state index contributed by atoms with van der Waals surface area (Å²) in [4.78, 5) is 43.1. The van der Waals surface area contributed by atoms with Gasteiger partial charge in [0.05, 0.1) is 30.3 Å². The second-order valence-corrected chi connectivity index (χ2v) is 10.7. The fourth-order valence-corrected chi connectivity index (χ4v) is 6.13. The predicted octanol–water partition coefficient (Wildman–Crippen LogP) is 2.71. The first kappa shape index (κ1) is 26.0. The molecule has 10 nitrogen and oxygen atoms in total. The van der Waals surface area contributed by atoms with Gasteiger partial charge in [-0.3, -0.25) is 24.3 Å². The Morgan fingerprint density at radius 2 is 2.08 bits per heavy atom. The van der Waals surface area contributed by atoms with Gasteiger partial charge in [-0.15, -0.1) is 11.8 Å². The van der Waals surface area contributed by atoms with Gasteiger partial charge in [0.15, 0.2) is 5.25 Å². The number of methoxy groups -OCH3 is 1. The minimum absolute atomic E-state index is 0.273. The molecular weight excluding hydrogens is 508 g/mol. The summed E-state index contributed by atoms with van der Waals surface area (Å²) >= 11 is 1.10. The molecule has 4 atom stereocenters. The molecule has 1 fully saturated rings. The molecule has 2 aliphatic heterocycles. The number of carboxylic acid groups (broad SMARTS) is 1. The van der Waals surface area contributed by atoms with Gasteiger partial charge in [0.2, 0.25) is 11.8 Å². The monoisotopic (exact) mass is 536 g/mol. The first-order valence-electron chi connectivity index (χ1n) is 12.2. The second kappa shape index (κ2) is 10.6. The number of aliphatic hydroxyl groups is 1. The summed E-state index contributed by atoms with van der Waals surface area (Å²) in [6.45, 7) is 0.752. The molecule has 38 heavy (non-hydrogen) atoms. The number of rotatable bonds is 7. The number of pyridine rings is 1. The van der Waals surface area contributed by atoms with Crippen LogP contribution in [0.25, 0.3) is 10.9 Å². The summed E-state index contributed by atoms with van der Waals surface area (Å²) in [5.41, 5.74) is 8.17. The van der Waals surface area contributed by atoms with Crippen molar-refractivity contribution >= 4 is 46.1 Å². The van der Waals surface area contributed by atoms with Crippen molar-refractivity contribution in [3.63, 3.8) is 0 Å². The van der Waals surface area contributed by atoms with Crippen molar-refractivity contribution in [2.75, 3.05) is 25.5 Å². The van der Waals surface area contributed by atoms with Crippen LogP contribution in [0.3, 0.4) is 0 Å². The lowest BCUT2D eigenvalue weighted by molar-refractivity contribution is -0.144. The minimum atomic E-state index is -1.00. The van der Waals surface area contributed by atoms with Gasteiger partial charge in [0.1, 0.15) is 5.75 Å². The molecule has 1 saturated heterocycles. The number of carbonyl (C=O) groups excluding carboxylic acids is 2. The Bertz CT molecular complexity index is 1420. The second-order valence-electron chi connectivity index (χ2n) is 9.51. The number of likely N-dealkylation sites (tertiary alicyclic amines) is 1. The molecule has 0 bridgehead atoms. The number of hydrogen-bond acceptors (Lipinski definition) is 8. The molecule has 0 spiro atoms. The van der Waals surface area contributed by atoms with Crippen molar-refractivity contribution in [2.45, 2.75) is 35.1 Å². The molecule has 0 radical (unpaired) electrons. The molecular formula is C27H28N4O6S. The Labute approximate surface area is 223 Å². The van der Waals surface area contributed by atoms with Crippen LogP contribution < -0.4 is 15.8 Å². The van der Waals surface area contributed by atoms with Crippen molar-refractivity contribution in [3.05, 3.63) is 59.8 Å². The van der Waals surface area contributed by atoms with E-state index in [0.29, 0.717) is 41.3 Å². The smallest absolute Gasteiger partial charge is 0.306 e. The van der Waals surface area contributed by atoms with Crippen LogP contribution in [0.4, 0.5) is 5.69 Å². The van der Waals surface area contributed by atoms with Crippen LogP contribution in [0.1, 0.15) is 36.1 Å². The number of β-amino-alcohol motifs (C(OH)–C–C–N with tert-alkyl or cyclic N) is 1. The SMILES string of the molecule is COc1ccc2nccc(C(O)CN3CCC(C(=O)O)C[C@@H]3c3ccc4c(c3)NC(=O)C(C(N)=O)S4)c2c1. The van der Waals surface area contributed by atoms with E-state index in [2.05, 4.69) is 15.2 Å². The summed E-state index contributed by atoms with van der Waals surface area (Å²) in [6.07, 6.45) is 1.61. The quantitative estimate of drug-likeness (QED) is 0.334. The normalized spacial score (nSPS) is 22.4. The summed E-state index contributed by atoms with van der Waals surface area (Å²) in [5, 5.41) is 23.6. The number of primary amides is 1. The third-order valence-electron chi connectivity index (χ3n) is 7.20. The van der Waals surface area contributed by atoms with E-state index in [1.165, 1.54) is 0 Å². The Morgan fingerprint density at radius 3 is 2.82 bits per heavy atom. The number of hydrogen-bond donors (Lipinski definition) is 4. The maximum Gasteiger partial charge on any atom is 0.306 e. The van der Waals surface area contributed by atoms with E-state index in [-0.39, 0.29) is 12.6 Å². The summed E-state index contributed by atoms with van der Waals surface area (Å²) in [7, 11) is 1.58. The van der Waals surface area contributed by atoms with Crippen LogP contribution in [-0.4, -0.2) is 63.3 Å². The third kappa shape index (κ3) is 5.04. The highest BCUT2D eigenvalue weighted by molar-refractivity contribution is 8.01. The van der Waals surface area contributed by atoms with E-state index >= 15 is 0 Å². The number of nitrogens with one attached hydrogen (secondary N) is 1. The highest BCUT2D eigenvalue weighted by Crippen LogP contribution is 2.41. The average molecular weight is 537 g/mol. The molecule has 5 N–H and O–H groups in total. The molecule has 0 aliphatic carbocycles. The molecule has 5 rings (SSSR count). The number of nitrogens with zero attached hydrogens (tertiary/aromatic N) is 2. The van der Waals surface area contributed by atoms with Crippen molar-refractivity contribution in [3.8, 4) is 5.75 Å². The van der Waals surface area contributed by atoms with Crippen LogP contribution in [-0.2, 0) is 14.4 Å². The molecule has 2 amide bonds. The maximum atomic E-state index is 12.4. The van der Waals surface area contributed by atoms with Gasteiger partial charge < -0.3 is 26.0 Å². The first-order valence-corrected chi connectivity index (χ1v) is 13.1. The standard InChI is InChI=1S/C27H28N4O6S/c1-37-16-3-4-19-18(12-16)17(6-8-29-19)22(32)13-31-9-7-15(27(35)36)11-21(31)14-2-5-23-20(10-14)30-26(34)24(38-23)25(28)33/h2-6,8,10,12,15,21-22,24,32H,7,9,11,13H2,1H3,(H2,28,33)(H,30,34)(H,35,36)/t15?,21-,22?,24?/m1/s1. The molecule has 198 valence electrons. The van der Waals surface area contributed by atoms with Gasteiger partial charge in [-0.25, -0.2) is 0 Å². The molecule has 11 heteroatoms.